The predicted molar refractivity (Wildman–Crippen MR) is 104 cm³/mol. The Morgan fingerprint density at radius 1 is 0.783 bits per heavy atom. The maximum atomic E-state index is 3.81. The fraction of sp³-hybridized carbons (Fsp3) is 0.273. The van der Waals surface area contributed by atoms with Gasteiger partial charge in [0.25, 0.3) is 0 Å². The van der Waals surface area contributed by atoms with Gasteiger partial charge < -0.3 is 6.15 Å². The minimum atomic E-state index is 0. The molecule has 0 spiro atoms. The second kappa shape index (κ2) is 9.81. The largest absolute Gasteiger partial charge is 0.344 e. The zero-order chi connectivity index (χ0) is 15.8. The highest BCUT2D eigenvalue weighted by atomic mass is 14.1. The Morgan fingerprint density at radius 2 is 1.17 bits per heavy atom. The molecule has 1 nitrogen and oxygen atoms in total. The lowest BCUT2D eigenvalue weighted by molar-refractivity contribution is 0.474. The molecule has 0 atom stereocenters. The average molecular weight is 307 g/mol. The second-order valence-electron chi connectivity index (χ2n) is 5.95. The Balaban J connectivity index is 0.00000264. The monoisotopic (exact) mass is 307 g/mol. The van der Waals surface area contributed by atoms with E-state index in [2.05, 4.69) is 68.6 Å². The van der Waals surface area contributed by atoms with Crippen LogP contribution in [0.4, 0.5) is 0 Å². The zero-order valence-electron chi connectivity index (χ0n) is 14.3. The van der Waals surface area contributed by atoms with Crippen molar-refractivity contribution in [2.75, 3.05) is 0 Å². The van der Waals surface area contributed by atoms with Gasteiger partial charge >= 0.3 is 0 Å². The van der Waals surface area contributed by atoms with Gasteiger partial charge in [-0.3, -0.25) is 0 Å². The maximum absolute atomic E-state index is 3.81. The van der Waals surface area contributed by atoms with Gasteiger partial charge in [0.2, 0.25) is 0 Å². The molecule has 0 bridgehead atoms. The molecule has 2 rings (SSSR count). The van der Waals surface area contributed by atoms with Crippen LogP contribution in [-0.2, 0) is 12.8 Å². The molecule has 2 aromatic rings. The van der Waals surface area contributed by atoms with Gasteiger partial charge in [-0.1, -0.05) is 93.6 Å². The Labute approximate surface area is 141 Å². The summed E-state index contributed by atoms with van der Waals surface area (Å²) in [7, 11) is 0. The molecule has 3 N–H and O–H groups in total. The van der Waals surface area contributed by atoms with E-state index >= 15 is 0 Å². The standard InChI is InChI=1S/C22H26.H3N/c1-4-7-22(16-20-12-8-18(5-2)9-13-20)17-21-14-10-19(6-3)11-15-21;/h5-6,8-15,22H,2-4,7,16-17H2,1H3;1H3. The quantitative estimate of drug-likeness (QED) is 0.607. The lowest BCUT2D eigenvalue weighted by Crippen LogP contribution is -2.08. The molecule has 0 unspecified atom stereocenters. The highest BCUT2D eigenvalue weighted by Gasteiger charge is 2.10. The van der Waals surface area contributed by atoms with Crippen molar-refractivity contribution in [1.82, 2.24) is 6.15 Å². The van der Waals surface area contributed by atoms with E-state index < -0.39 is 0 Å². The molecule has 0 saturated carbocycles. The Kier molecular flexibility index (Phi) is 8.07. The Bertz CT molecular complexity index is 539. The third kappa shape index (κ3) is 5.88. The van der Waals surface area contributed by atoms with Crippen molar-refractivity contribution in [3.05, 3.63) is 83.9 Å². The first-order valence-corrected chi connectivity index (χ1v) is 8.18. The minimum Gasteiger partial charge on any atom is -0.344 e. The molecule has 2 aromatic carbocycles. The molecule has 1 heteroatoms. The molecule has 0 aromatic heterocycles. The van der Waals surface area contributed by atoms with E-state index in [1.54, 1.807) is 0 Å². The van der Waals surface area contributed by atoms with Gasteiger partial charge in [0, 0.05) is 0 Å². The number of rotatable bonds is 8. The summed E-state index contributed by atoms with van der Waals surface area (Å²) in [6.07, 6.45) is 8.60. The van der Waals surface area contributed by atoms with Crippen LogP contribution in [0.1, 0.15) is 42.0 Å². The average Bonchev–Trinajstić information content (AvgIpc) is 2.56. The van der Waals surface area contributed by atoms with Crippen molar-refractivity contribution >= 4 is 12.2 Å². The van der Waals surface area contributed by atoms with Crippen molar-refractivity contribution in [3.8, 4) is 0 Å². The van der Waals surface area contributed by atoms with Crippen LogP contribution in [0.15, 0.2) is 61.7 Å². The van der Waals surface area contributed by atoms with Gasteiger partial charge in [0.1, 0.15) is 0 Å². The van der Waals surface area contributed by atoms with E-state index in [1.165, 1.54) is 35.1 Å². The molecule has 0 aliphatic carbocycles. The van der Waals surface area contributed by atoms with Crippen molar-refractivity contribution in [2.45, 2.75) is 32.6 Å². The molecular weight excluding hydrogens is 278 g/mol. The summed E-state index contributed by atoms with van der Waals surface area (Å²) in [6.45, 7) is 9.90. The van der Waals surface area contributed by atoms with Crippen molar-refractivity contribution in [3.63, 3.8) is 0 Å². The molecule has 23 heavy (non-hydrogen) atoms. The fourth-order valence-corrected chi connectivity index (χ4v) is 2.93. The van der Waals surface area contributed by atoms with Crippen LogP contribution < -0.4 is 6.15 Å². The van der Waals surface area contributed by atoms with Crippen LogP contribution >= 0.6 is 0 Å². The summed E-state index contributed by atoms with van der Waals surface area (Å²) in [5, 5.41) is 0. The fourth-order valence-electron chi connectivity index (χ4n) is 2.93. The first kappa shape index (κ1) is 18.9. The smallest absolute Gasteiger partial charge is 0.0247 e. The molecule has 0 fully saturated rings. The number of hydrogen-bond donors (Lipinski definition) is 1. The van der Waals surface area contributed by atoms with Crippen molar-refractivity contribution in [2.24, 2.45) is 5.92 Å². The Morgan fingerprint density at radius 3 is 1.48 bits per heavy atom. The molecule has 0 amide bonds. The van der Waals surface area contributed by atoms with E-state index in [9.17, 15) is 0 Å². The number of hydrogen-bond acceptors (Lipinski definition) is 1. The molecule has 0 radical (unpaired) electrons. The van der Waals surface area contributed by atoms with E-state index in [-0.39, 0.29) is 6.15 Å². The van der Waals surface area contributed by atoms with E-state index in [4.69, 9.17) is 0 Å². The first-order chi connectivity index (χ1) is 10.7. The van der Waals surface area contributed by atoms with Gasteiger partial charge in [-0.05, 0) is 41.0 Å². The predicted octanol–water partition coefficient (Wildman–Crippen LogP) is 6.34. The SMILES string of the molecule is C=Cc1ccc(CC(CCC)Cc2ccc(C=C)cc2)cc1.N. The summed E-state index contributed by atoms with van der Waals surface area (Å²) < 4.78 is 0. The summed E-state index contributed by atoms with van der Waals surface area (Å²) in [4.78, 5) is 0. The Hall–Kier alpha value is -2.12. The van der Waals surface area contributed by atoms with Crippen LogP contribution in [0, 0.1) is 5.92 Å². The molecule has 0 heterocycles. The summed E-state index contributed by atoms with van der Waals surface area (Å²) in [5.74, 6) is 0.703. The summed E-state index contributed by atoms with van der Waals surface area (Å²) in [6, 6.07) is 17.6. The normalized spacial score (nSPS) is 10.2. The highest BCUT2D eigenvalue weighted by molar-refractivity contribution is 5.48. The number of benzene rings is 2. The summed E-state index contributed by atoms with van der Waals surface area (Å²) >= 11 is 0. The lowest BCUT2D eigenvalue weighted by Gasteiger charge is -2.17. The topological polar surface area (TPSA) is 35.0 Å². The van der Waals surface area contributed by atoms with Crippen LogP contribution in [0.5, 0.6) is 0 Å². The lowest BCUT2D eigenvalue weighted by atomic mass is 9.88. The van der Waals surface area contributed by atoms with Gasteiger partial charge in [-0.2, -0.15) is 0 Å². The zero-order valence-corrected chi connectivity index (χ0v) is 14.3. The second-order valence-corrected chi connectivity index (χ2v) is 5.95. The van der Waals surface area contributed by atoms with Gasteiger partial charge in [-0.25, -0.2) is 0 Å². The highest BCUT2D eigenvalue weighted by Crippen LogP contribution is 2.20. The maximum Gasteiger partial charge on any atom is -0.0247 e. The molecule has 0 aliphatic heterocycles. The van der Waals surface area contributed by atoms with Gasteiger partial charge in [0.15, 0.2) is 0 Å². The summed E-state index contributed by atoms with van der Waals surface area (Å²) in [5.41, 5.74) is 5.23. The van der Waals surface area contributed by atoms with Crippen LogP contribution in [0.3, 0.4) is 0 Å². The molecule has 122 valence electrons. The minimum absolute atomic E-state index is 0. The van der Waals surface area contributed by atoms with Crippen LogP contribution in [0.25, 0.3) is 12.2 Å². The van der Waals surface area contributed by atoms with E-state index in [1.807, 2.05) is 12.2 Å². The first-order valence-electron chi connectivity index (χ1n) is 8.18. The third-order valence-corrected chi connectivity index (χ3v) is 4.18. The van der Waals surface area contributed by atoms with E-state index in [0.717, 1.165) is 12.8 Å². The van der Waals surface area contributed by atoms with Crippen molar-refractivity contribution in [1.29, 1.82) is 0 Å². The van der Waals surface area contributed by atoms with E-state index in [0.29, 0.717) is 5.92 Å². The van der Waals surface area contributed by atoms with Crippen LogP contribution in [-0.4, -0.2) is 0 Å². The van der Waals surface area contributed by atoms with Crippen molar-refractivity contribution < 1.29 is 0 Å². The molecule has 0 saturated heterocycles. The van der Waals surface area contributed by atoms with Gasteiger partial charge in [-0.15, -0.1) is 0 Å². The van der Waals surface area contributed by atoms with Gasteiger partial charge in [0.05, 0.1) is 0 Å². The molecular formula is C22H29N. The molecule has 0 aliphatic rings. The third-order valence-electron chi connectivity index (χ3n) is 4.18. The van der Waals surface area contributed by atoms with Crippen LogP contribution in [0.2, 0.25) is 0 Å².